The molecular weight excluding hydrogens is 445 g/mol. The van der Waals surface area contributed by atoms with E-state index in [2.05, 4.69) is 20.9 Å². The van der Waals surface area contributed by atoms with Crippen molar-refractivity contribution in [3.63, 3.8) is 0 Å². The van der Waals surface area contributed by atoms with Crippen LogP contribution in [0, 0.1) is 17.1 Å². The SMILES string of the molecule is CN1C(=O)C(C)(C#N)c2c1cnc1cc(F)c(-c3ccc(OCCCN4CCCCC4)nc3)cc21. The molecular formula is C27H28FN5O2. The first kappa shape index (κ1) is 23.2. The van der Waals surface area contributed by atoms with Gasteiger partial charge in [0.05, 0.1) is 30.1 Å². The number of ether oxygens (including phenoxy) is 1. The van der Waals surface area contributed by atoms with E-state index in [0.717, 1.165) is 13.0 Å². The second kappa shape index (κ2) is 9.23. The van der Waals surface area contributed by atoms with E-state index in [-0.39, 0.29) is 5.91 Å². The van der Waals surface area contributed by atoms with Crippen LogP contribution in [0.1, 0.15) is 38.2 Å². The number of pyridine rings is 2. The van der Waals surface area contributed by atoms with Gasteiger partial charge in [-0.1, -0.05) is 6.42 Å². The van der Waals surface area contributed by atoms with Gasteiger partial charge in [-0.15, -0.1) is 0 Å². The Balaban J connectivity index is 1.38. The Hall–Kier alpha value is -3.57. The van der Waals surface area contributed by atoms with Gasteiger partial charge in [0.25, 0.3) is 5.91 Å². The lowest BCUT2D eigenvalue weighted by Crippen LogP contribution is -2.34. The number of likely N-dealkylation sites (N-methyl/N-ethyl adjacent to an activating group) is 1. The molecule has 35 heavy (non-hydrogen) atoms. The molecule has 7 nitrogen and oxygen atoms in total. The minimum Gasteiger partial charge on any atom is -0.478 e. The van der Waals surface area contributed by atoms with Gasteiger partial charge in [-0.3, -0.25) is 9.78 Å². The monoisotopic (exact) mass is 473 g/mol. The van der Waals surface area contributed by atoms with Crippen LogP contribution in [0.15, 0.2) is 36.7 Å². The van der Waals surface area contributed by atoms with E-state index in [0.29, 0.717) is 45.8 Å². The van der Waals surface area contributed by atoms with Crippen LogP contribution in [0.25, 0.3) is 22.0 Å². The lowest BCUT2D eigenvalue weighted by molar-refractivity contribution is -0.120. The predicted octanol–water partition coefficient (Wildman–Crippen LogP) is 4.45. The summed E-state index contributed by atoms with van der Waals surface area (Å²) < 4.78 is 20.9. The summed E-state index contributed by atoms with van der Waals surface area (Å²) in [5.41, 5.74) is 1.08. The summed E-state index contributed by atoms with van der Waals surface area (Å²) in [5.74, 6) is -0.266. The van der Waals surface area contributed by atoms with Crippen LogP contribution in [0.2, 0.25) is 0 Å². The second-order valence-corrected chi connectivity index (χ2v) is 9.46. The fourth-order valence-corrected chi connectivity index (χ4v) is 5.13. The minimum atomic E-state index is -1.36. The van der Waals surface area contributed by atoms with Gasteiger partial charge >= 0.3 is 0 Å². The van der Waals surface area contributed by atoms with Gasteiger partial charge < -0.3 is 14.5 Å². The van der Waals surface area contributed by atoms with Crippen molar-refractivity contribution in [1.29, 1.82) is 5.26 Å². The van der Waals surface area contributed by atoms with E-state index < -0.39 is 11.2 Å². The van der Waals surface area contributed by atoms with Gasteiger partial charge in [0.15, 0.2) is 5.41 Å². The van der Waals surface area contributed by atoms with Gasteiger partial charge in [-0.05, 0) is 51.4 Å². The third-order valence-electron chi connectivity index (χ3n) is 7.12. The number of carbonyl (C=O) groups excluding carboxylic acids is 1. The molecule has 2 aromatic heterocycles. The Kier molecular flexibility index (Phi) is 6.12. The number of amides is 1. The van der Waals surface area contributed by atoms with Crippen molar-refractivity contribution >= 4 is 22.5 Å². The minimum absolute atomic E-state index is 0.321. The van der Waals surface area contributed by atoms with E-state index in [4.69, 9.17) is 4.74 Å². The number of nitriles is 1. The van der Waals surface area contributed by atoms with Gasteiger partial charge in [0.1, 0.15) is 5.82 Å². The Morgan fingerprint density at radius 2 is 1.97 bits per heavy atom. The molecule has 5 rings (SSSR count). The Morgan fingerprint density at radius 1 is 1.17 bits per heavy atom. The number of rotatable bonds is 6. The summed E-state index contributed by atoms with van der Waals surface area (Å²) in [6.45, 7) is 5.54. The number of benzene rings is 1. The summed E-state index contributed by atoms with van der Waals surface area (Å²) in [7, 11) is 1.62. The lowest BCUT2D eigenvalue weighted by atomic mass is 9.83. The number of halogens is 1. The molecule has 180 valence electrons. The highest BCUT2D eigenvalue weighted by Gasteiger charge is 2.48. The Morgan fingerprint density at radius 3 is 2.69 bits per heavy atom. The topological polar surface area (TPSA) is 82.3 Å². The molecule has 2 aliphatic heterocycles. The lowest BCUT2D eigenvalue weighted by Gasteiger charge is -2.26. The number of piperidine rings is 1. The van der Waals surface area contributed by atoms with E-state index in [1.807, 2.05) is 0 Å². The van der Waals surface area contributed by atoms with Crippen molar-refractivity contribution in [2.45, 2.75) is 38.0 Å². The van der Waals surface area contributed by atoms with Crippen LogP contribution < -0.4 is 9.64 Å². The fraction of sp³-hybridized carbons (Fsp3) is 0.407. The van der Waals surface area contributed by atoms with Gasteiger partial charge in [0.2, 0.25) is 5.88 Å². The molecule has 0 aliphatic carbocycles. The Bertz CT molecular complexity index is 1310. The molecule has 1 saturated heterocycles. The average Bonchev–Trinajstić information content (AvgIpc) is 3.09. The molecule has 1 atom stereocenters. The van der Waals surface area contributed by atoms with Crippen LogP contribution in [0.5, 0.6) is 5.88 Å². The molecule has 0 bridgehead atoms. The maximum Gasteiger partial charge on any atom is 0.251 e. The van der Waals surface area contributed by atoms with Crippen LogP contribution in [0.4, 0.5) is 10.1 Å². The maximum atomic E-state index is 15.1. The molecule has 1 amide bonds. The molecule has 0 radical (unpaired) electrons. The number of fused-ring (bicyclic) bond motifs is 3. The summed E-state index contributed by atoms with van der Waals surface area (Å²) in [6.07, 6.45) is 7.92. The van der Waals surface area contributed by atoms with E-state index >= 15 is 4.39 Å². The molecule has 0 N–H and O–H groups in total. The molecule has 1 fully saturated rings. The summed E-state index contributed by atoms with van der Waals surface area (Å²) in [4.78, 5) is 25.4. The zero-order valence-corrected chi connectivity index (χ0v) is 20.1. The summed E-state index contributed by atoms with van der Waals surface area (Å²) in [6, 6.07) is 8.67. The summed E-state index contributed by atoms with van der Waals surface area (Å²) >= 11 is 0. The number of aromatic nitrogens is 2. The highest BCUT2D eigenvalue weighted by Crippen LogP contribution is 2.45. The Labute approximate surface area is 204 Å². The number of likely N-dealkylation sites (tertiary alicyclic amines) is 1. The number of hydrogen-bond donors (Lipinski definition) is 0. The van der Waals surface area contributed by atoms with Crippen LogP contribution in [-0.2, 0) is 10.2 Å². The number of carbonyl (C=O) groups is 1. The highest BCUT2D eigenvalue weighted by molar-refractivity contribution is 6.13. The van der Waals surface area contributed by atoms with Crippen molar-refractivity contribution in [3.05, 3.63) is 48.0 Å². The zero-order chi connectivity index (χ0) is 24.6. The number of anilines is 1. The normalized spacial score (nSPS) is 20.2. The van der Waals surface area contributed by atoms with E-state index in [1.165, 1.54) is 49.5 Å². The molecule has 8 heteroatoms. The maximum absolute atomic E-state index is 15.1. The van der Waals surface area contributed by atoms with Crippen LogP contribution in [-0.4, -0.2) is 54.1 Å². The molecule has 4 heterocycles. The van der Waals surface area contributed by atoms with Gasteiger partial charge in [-0.25, -0.2) is 9.37 Å². The first-order valence-electron chi connectivity index (χ1n) is 12.1. The molecule has 0 spiro atoms. The largest absolute Gasteiger partial charge is 0.478 e. The van der Waals surface area contributed by atoms with Gasteiger partial charge in [-0.2, -0.15) is 5.26 Å². The van der Waals surface area contributed by atoms with E-state index in [1.54, 1.807) is 38.4 Å². The first-order chi connectivity index (χ1) is 16.9. The molecule has 0 saturated carbocycles. The predicted molar refractivity (Wildman–Crippen MR) is 132 cm³/mol. The van der Waals surface area contributed by atoms with Crippen LogP contribution in [0.3, 0.4) is 0 Å². The summed E-state index contributed by atoms with van der Waals surface area (Å²) in [5, 5.41) is 10.4. The third-order valence-corrected chi connectivity index (χ3v) is 7.12. The standard InChI is InChI=1S/C27H28FN5O2/c1-27(17-29)25-20-13-19(21(28)14-22(20)30-16-23(25)32(2)26(27)34)18-7-8-24(31-15-18)35-12-6-11-33-9-4-3-5-10-33/h7-8,13-16H,3-6,9-12H2,1-2H3. The smallest absolute Gasteiger partial charge is 0.251 e. The van der Waals surface area contributed by atoms with Crippen molar-refractivity contribution in [3.8, 4) is 23.1 Å². The van der Waals surface area contributed by atoms with Crippen molar-refractivity contribution in [1.82, 2.24) is 14.9 Å². The number of nitrogens with zero attached hydrogens (tertiary/aromatic N) is 5. The highest BCUT2D eigenvalue weighted by atomic mass is 19.1. The fourth-order valence-electron chi connectivity index (χ4n) is 5.13. The molecule has 1 aromatic carbocycles. The molecule has 3 aromatic rings. The molecule has 1 unspecified atom stereocenters. The zero-order valence-electron chi connectivity index (χ0n) is 20.1. The van der Waals surface area contributed by atoms with Crippen molar-refractivity contribution < 1.29 is 13.9 Å². The second-order valence-electron chi connectivity index (χ2n) is 9.46. The first-order valence-corrected chi connectivity index (χ1v) is 12.1. The van der Waals surface area contributed by atoms with Crippen LogP contribution >= 0.6 is 0 Å². The van der Waals surface area contributed by atoms with Crippen molar-refractivity contribution in [2.24, 2.45) is 0 Å². The van der Waals surface area contributed by atoms with Gasteiger partial charge in [0, 0.05) is 54.0 Å². The quantitative estimate of drug-likeness (QED) is 0.492. The third kappa shape index (κ3) is 4.10. The van der Waals surface area contributed by atoms with Crippen molar-refractivity contribution in [2.75, 3.05) is 38.2 Å². The van der Waals surface area contributed by atoms with E-state index in [9.17, 15) is 10.1 Å². The average molecular weight is 474 g/mol. The number of hydrogen-bond acceptors (Lipinski definition) is 6. The molecule has 2 aliphatic rings.